The topological polar surface area (TPSA) is 39.2 Å². The van der Waals surface area contributed by atoms with Gasteiger partial charge in [0.25, 0.3) is 0 Å². The van der Waals surface area contributed by atoms with Gasteiger partial charge in [-0.2, -0.15) is 0 Å². The number of hydrogen-bond acceptors (Lipinski definition) is 4. The molecule has 60 valence electrons. The van der Waals surface area contributed by atoms with Gasteiger partial charge in [0.1, 0.15) is 0 Å². The summed E-state index contributed by atoms with van der Waals surface area (Å²) in [6.07, 6.45) is 0.253. The lowest BCUT2D eigenvalue weighted by Crippen LogP contribution is -2.03. The standard InChI is InChI=1S/C7H9NO2S/c1-5-7(8-4-11-5)6(3-9)10-2/h3-4,6H,1-2H3. The molecule has 1 rings (SSSR count). The van der Waals surface area contributed by atoms with Crippen LogP contribution < -0.4 is 0 Å². The third-order valence-corrected chi connectivity index (χ3v) is 2.20. The molecule has 1 aromatic heterocycles. The van der Waals surface area contributed by atoms with Crippen molar-refractivity contribution < 1.29 is 9.53 Å². The monoisotopic (exact) mass is 171 g/mol. The summed E-state index contributed by atoms with van der Waals surface area (Å²) in [5.74, 6) is 0. The van der Waals surface area contributed by atoms with Gasteiger partial charge < -0.3 is 4.74 Å². The SMILES string of the molecule is COC(C=O)c1ncsc1C. The van der Waals surface area contributed by atoms with Crippen LogP contribution in [0.2, 0.25) is 0 Å². The molecule has 0 aromatic carbocycles. The van der Waals surface area contributed by atoms with Crippen LogP contribution in [0.5, 0.6) is 0 Å². The molecule has 0 spiro atoms. The fourth-order valence-corrected chi connectivity index (χ4v) is 1.43. The molecular weight excluding hydrogens is 162 g/mol. The maximum absolute atomic E-state index is 10.4. The van der Waals surface area contributed by atoms with Crippen LogP contribution in [0, 0.1) is 6.92 Å². The Bertz CT molecular complexity index is 246. The van der Waals surface area contributed by atoms with Gasteiger partial charge in [0.05, 0.1) is 11.2 Å². The maximum atomic E-state index is 10.4. The molecule has 1 heterocycles. The highest BCUT2D eigenvalue weighted by molar-refractivity contribution is 7.09. The Balaban J connectivity index is 2.89. The van der Waals surface area contributed by atoms with Gasteiger partial charge in [-0.25, -0.2) is 4.98 Å². The average Bonchev–Trinajstić information content (AvgIpc) is 2.40. The van der Waals surface area contributed by atoms with E-state index < -0.39 is 6.10 Å². The fourth-order valence-electron chi connectivity index (χ4n) is 0.819. The quantitative estimate of drug-likeness (QED) is 0.644. The first kappa shape index (κ1) is 8.36. The molecule has 0 fully saturated rings. The van der Waals surface area contributed by atoms with Crippen molar-refractivity contribution in [3.8, 4) is 0 Å². The van der Waals surface area contributed by atoms with Crippen molar-refractivity contribution >= 4 is 17.6 Å². The largest absolute Gasteiger partial charge is 0.368 e. The summed E-state index contributed by atoms with van der Waals surface area (Å²) in [5, 5.41) is 0. The number of thiazole rings is 1. The predicted molar refractivity (Wildman–Crippen MR) is 42.7 cm³/mol. The minimum atomic E-state index is -0.499. The van der Waals surface area contributed by atoms with Crippen molar-refractivity contribution in [2.75, 3.05) is 7.11 Å². The summed E-state index contributed by atoms with van der Waals surface area (Å²) in [6, 6.07) is 0. The maximum Gasteiger partial charge on any atom is 0.155 e. The fraction of sp³-hybridized carbons (Fsp3) is 0.429. The van der Waals surface area contributed by atoms with Crippen LogP contribution in [-0.2, 0) is 9.53 Å². The highest BCUT2D eigenvalue weighted by Gasteiger charge is 2.13. The van der Waals surface area contributed by atoms with Gasteiger partial charge in [0, 0.05) is 12.0 Å². The Kier molecular flexibility index (Phi) is 2.73. The number of rotatable bonds is 3. The zero-order valence-electron chi connectivity index (χ0n) is 6.40. The van der Waals surface area contributed by atoms with E-state index in [1.165, 1.54) is 18.4 Å². The van der Waals surface area contributed by atoms with E-state index in [2.05, 4.69) is 4.98 Å². The number of hydrogen-bond donors (Lipinski definition) is 0. The third-order valence-electron chi connectivity index (χ3n) is 1.43. The Morgan fingerprint density at radius 3 is 2.91 bits per heavy atom. The number of aryl methyl sites for hydroxylation is 1. The van der Waals surface area contributed by atoms with E-state index in [1.54, 1.807) is 5.51 Å². The molecule has 1 aromatic rings. The Hall–Kier alpha value is -0.740. The van der Waals surface area contributed by atoms with Crippen molar-refractivity contribution in [3.05, 3.63) is 16.1 Å². The zero-order chi connectivity index (χ0) is 8.27. The summed E-state index contributed by atoms with van der Waals surface area (Å²) in [5.41, 5.74) is 2.44. The second kappa shape index (κ2) is 3.59. The van der Waals surface area contributed by atoms with E-state index in [4.69, 9.17) is 4.74 Å². The molecular formula is C7H9NO2S. The first-order chi connectivity index (χ1) is 5.29. The van der Waals surface area contributed by atoms with E-state index in [9.17, 15) is 4.79 Å². The van der Waals surface area contributed by atoms with Crippen molar-refractivity contribution in [2.24, 2.45) is 0 Å². The predicted octanol–water partition coefficient (Wildman–Crippen LogP) is 1.34. The molecule has 4 heteroatoms. The van der Waals surface area contributed by atoms with Gasteiger partial charge >= 0.3 is 0 Å². The van der Waals surface area contributed by atoms with Gasteiger partial charge in [-0.15, -0.1) is 11.3 Å². The number of carbonyl (C=O) groups is 1. The van der Waals surface area contributed by atoms with Crippen LogP contribution in [0.1, 0.15) is 16.7 Å². The summed E-state index contributed by atoms with van der Waals surface area (Å²) in [6.45, 7) is 1.92. The number of carbonyl (C=O) groups excluding carboxylic acids is 1. The Morgan fingerprint density at radius 2 is 2.55 bits per heavy atom. The lowest BCUT2D eigenvalue weighted by Gasteiger charge is -2.04. The second-order valence-electron chi connectivity index (χ2n) is 2.09. The van der Waals surface area contributed by atoms with E-state index >= 15 is 0 Å². The lowest BCUT2D eigenvalue weighted by molar-refractivity contribution is -0.116. The molecule has 1 unspecified atom stereocenters. The molecule has 0 saturated carbocycles. The molecule has 0 saturated heterocycles. The van der Waals surface area contributed by atoms with Gasteiger partial charge in [-0.3, -0.25) is 4.79 Å². The van der Waals surface area contributed by atoms with Crippen LogP contribution in [0.25, 0.3) is 0 Å². The zero-order valence-corrected chi connectivity index (χ0v) is 7.22. The molecule has 0 aliphatic carbocycles. The summed E-state index contributed by atoms with van der Waals surface area (Å²) in [7, 11) is 1.50. The first-order valence-electron chi connectivity index (χ1n) is 3.17. The van der Waals surface area contributed by atoms with Crippen molar-refractivity contribution in [1.82, 2.24) is 4.98 Å². The minimum Gasteiger partial charge on any atom is -0.368 e. The highest BCUT2D eigenvalue weighted by Crippen LogP contribution is 2.19. The molecule has 0 aliphatic heterocycles. The number of ether oxygens (including phenoxy) is 1. The normalized spacial score (nSPS) is 12.9. The van der Waals surface area contributed by atoms with E-state index in [0.717, 1.165) is 16.9 Å². The smallest absolute Gasteiger partial charge is 0.155 e. The van der Waals surface area contributed by atoms with Gasteiger partial charge in [0.15, 0.2) is 12.4 Å². The van der Waals surface area contributed by atoms with Crippen molar-refractivity contribution in [2.45, 2.75) is 13.0 Å². The molecule has 3 nitrogen and oxygen atoms in total. The molecule has 0 bridgehead atoms. The van der Waals surface area contributed by atoms with Crippen molar-refractivity contribution in [3.63, 3.8) is 0 Å². The van der Waals surface area contributed by atoms with Crippen molar-refractivity contribution in [1.29, 1.82) is 0 Å². The number of aldehydes is 1. The molecule has 0 aliphatic rings. The molecule has 11 heavy (non-hydrogen) atoms. The van der Waals surface area contributed by atoms with Crippen LogP contribution in [0.15, 0.2) is 5.51 Å². The minimum absolute atomic E-state index is 0.499. The third kappa shape index (κ3) is 1.64. The highest BCUT2D eigenvalue weighted by atomic mass is 32.1. The molecule has 1 atom stereocenters. The van der Waals surface area contributed by atoms with Gasteiger partial charge in [-0.05, 0) is 6.92 Å². The van der Waals surface area contributed by atoms with E-state index in [1.807, 2.05) is 6.92 Å². The Morgan fingerprint density at radius 1 is 1.82 bits per heavy atom. The number of aromatic nitrogens is 1. The second-order valence-corrected chi connectivity index (χ2v) is 3.15. The van der Waals surface area contributed by atoms with Gasteiger partial charge in [0.2, 0.25) is 0 Å². The first-order valence-corrected chi connectivity index (χ1v) is 4.05. The number of nitrogens with zero attached hydrogens (tertiary/aromatic N) is 1. The lowest BCUT2D eigenvalue weighted by atomic mass is 10.2. The van der Waals surface area contributed by atoms with Crippen LogP contribution >= 0.6 is 11.3 Å². The summed E-state index contributed by atoms with van der Waals surface area (Å²) in [4.78, 5) is 15.5. The van der Waals surface area contributed by atoms with Crippen LogP contribution in [0.3, 0.4) is 0 Å². The van der Waals surface area contributed by atoms with Gasteiger partial charge in [-0.1, -0.05) is 0 Å². The summed E-state index contributed by atoms with van der Waals surface area (Å²) < 4.78 is 4.90. The van der Waals surface area contributed by atoms with E-state index in [-0.39, 0.29) is 0 Å². The Labute approximate surface area is 69.0 Å². The summed E-state index contributed by atoms with van der Waals surface area (Å²) >= 11 is 1.51. The molecule has 0 N–H and O–H groups in total. The van der Waals surface area contributed by atoms with Crippen LogP contribution in [-0.4, -0.2) is 18.4 Å². The molecule has 0 radical (unpaired) electrons. The van der Waals surface area contributed by atoms with E-state index in [0.29, 0.717) is 0 Å². The van der Waals surface area contributed by atoms with Crippen LogP contribution in [0.4, 0.5) is 0 Å². The average molecular weight is 171 g/mol. The number of methoxy groups -OCH3 is 1. The molecule has 0 amide bonds.